The van der Waals surface area contributed by atoms with E-state index in [0.717, 1.165) is 37.8 Å². The molecule has 2 aliphatic carbocycles. The number of methoxy groups -OCH3 is 1. The number of hydrogen-bond donors (Lipinski definition) is 3. The largest absolute Gasteiger partial charge is 0.496 e. The molecule has 2 saturated carbocycles. The number of carbonyl (C=O) groups excluding carboxylic acids is 1. The maximum Gasteiger partial charge on any atom is 0.255 e. The first-order valence-corrected chi connectivity index (χ1v) is 12.2. The second-order valence-electron chi connectivity index (χ2n) is 9.48. The molecule has 184 valence electrons. The van der Waals surface area contributed by atoms with E-state index in [1.807, 2.05) is 18.3 Å². The predicted molar refractivity (Wildman–Crippen MR) is 133 cm³/mol. The van der Waals surface area contributed by atoms with Gasteiger partial charge in [0, 0.05) is 24.5 Å². The molecule has 0 bridgehead atoms. The number of carbonyl (C=O) groups is 1. The third kappa shape index (κ3) is 6.30. The maximum atomic E-state index is 14.2. The van der Waals surface area contributed by atoms with Gasteiger partial charge in [0.25, 0.3) is 5.91 Å². The van der Waals surface area contributed by atoms with E-state index in [9.17, 15) is 9.18 Å². The van der Waals surface area contributed by atoms with Crippen molar-refractivity contribution in [1.29, 1.82) is 5.26 Å². The van der Waals surface area contributed by atoms with E-state index in [1.54, 1.807) is 30.3 Å². The molecule has 2 aromatic rings. The van der Waals surface area contributed by atoms with Crippen molar-refractivity contribution in [3.05, 3.63) is 65.5 Å². The molecule has 0 atom stereocenters. The Morgan fingerprint density at radius 2 is 1.91 bits per heavy atom. The molecule has 0 unspecified atom stereocenters. The van der Waals surface area contributed by atoms with Crippen LogP contribution < -0.4 is 20.7 Å². The summed E-state index contributed by atoms with van der Waals surface area (Å²) in [5, 5.41) is 18.8. The minimum absolute atomic E-state index is 0.139. The lowest BCUT2D eigenvalue weighted by Gasteiger charge is -2.41. The highest BCUT2D eigenvalue weighted by Gasteiger charge is 2.38. The Balaban J connectivity index is 1.45. The second-order valence-corrected chi connectivity index (χ2v) is 9.48. The smallest absolute Gasteiger partial charge is 0.255 e. The number of amides is 1. The number of nitrogens with zero attached hydrogens (tertiary/aromatic N) is 2. The molecule has 2 fully saturated rings. The fourth-order valence-corrected chi connectivity index (χ4v) is 4.81. The van der Waals surface area contributed by atoms with Gasteiger partial charge in [0.05, 0.1) is 12.7 Å². The third-order valence-corrected chi connectivity index (χ3v) is 7.08. The van der Waals surface area contributed by atoms with Crippen LogP contribution in [0.1, 0.15) is 54.4 Å². The number of para-hydroxylation sites is 1. The molecule has 2 aromatic carbocycles. The fourth-order valence-electron chi connectivity index (χ4n) is 4.81. The summed E-state index contributed by atoms with van der Waals surface area (Å²) >= 11 is 0. The van der Waals surface area contributed by atoms with Crippen LogP contribution in [0.2, 0.25) is 0 Å². The summed E-state index contributed by atoms with van der Waals surface area (Å²) < 4.78 is 19.5. The van der Waals surface area contributed by atoms with E-state index >= 15 is 0 Å². The van der Waals surface area contributed by atoms with Crippen molar-refractivity contribution in [2.24, 2.45) is 10.9 Å². The standard InChI is InChI=1S/C27H32FN5O2/c1-35-24-8-3-2-7-23(24)25(34)31-17-27(20-5-4-6-21(28)15-20)13-11-22(12-14-27)33-26(32-18-29)30-16-19-9-10-19/h2-8,15,19,22H,9-14,16-17H2,1H3,(H,31,34)(H2,30,32,33)/t22-,27-. The molecule has 4 rings (SSSR count). The average Bonchev–Trinajstić information content (AvgIpc) is 3.71. The lowest BCUT2D eigenvalue weighted by molar-refractivity contribution is 0.0932. The number of nitriles is 1. The molecular weight excluding hydrogens is 445 g/mol. The van der Waals surface area contributed by atoms with E-state index in [-0.39, 0.29) is 17.8 Å². The molecule has 0 aromatic heterocycles. The molecule has 0 saturated heterocycles. The van der Waals surface area contributed by atoms with Crippen LogP contribution in [0, 0.1) is 23.2 Å². The molecule has 0 spiro atoms. The van der Waals surface area contributed by atoms with Crippen molar-refractivity contribution in [3.63, 3.8) is 0 Å². The highest BCUT2D eigenvalue weighted by molar-refractivity contribution is 5.97. The van der Waals surface area contributed by atoms with Gasteiger partial charge in [-0.2, -0.15) is 5.26 Å². The number of halogens is 1. The monoisotopic (exact) mass is 477 g/mol. The van der Waals surface area contributed by atoms with E-state index in [0.29, 0.717) is 29.7 Å². The Hall–Kier alpha value is -3.60. The zero-order valence-electron chi connectivity index (χ0n) is 20.0. The lowest BCUT2D eigenvalue weighted by Crippen LogP contribution is -2.50. The predicted octanol–water partition coefficient (Wildman–Crippen LogP) is 3.87. The van der Waals surface area contributed by atoms with Crippen molar-refractivity contribution in [1.82, 2.24) is 16.0 Å². The quantitative estimate of drug-likeness (QED) is 0.305. The minimum atomic E-state index is -0.397. The van der Waals surface area contributed by atoms with Crippen LogP contribution >= 0.6 is 0 Å². The van der Waals surface area contributed by atoms with Gasteiger partial charge in [-0.3, -0.25) is 4.79 Å². The maximum absolute atomic E-state index is 14.2. The topological polar surface area (TPSA) is 98.5 Å². The van der Waals surface area contributed by atoms with Gasteiger partial charge in [-0.1, -0.05) is 24.3 Å². The van der Waals surface area contributed by atoms with Crippen LogP contribution in [-0.2, 0) is 5.41 Å². The summed E-state index contributed by atoms with van der Waals surface area (Å²) in [4.78, 5) is 16.9. The van der Waals surface area contributed by atoms with Gasteiger partial charge in [-0.25, -0.2) is 4.39 Å². The van der Waals surface area contributed by atoms with Crippen molar-refractivity contribution in [2.45, 2.75) is 50.0 Å². The molecule has 0 heterocycles. The van der Waals surface area contributed by atoms with Crippen molar-refractivity contribution >= 4 is 11.9 Å². The van der Waals surface area contributed by atoms with Gasteiger partial charge < -0.3 is 20.7 Å². The molecule has 7 nitrogen and oxygen atoms in total. The lowest BCUT2D eigenvalue weighted by atomic mass is 9.68. The summed E-state index contributed by atoms with van der Waals surface area (Å²) in [5.41, 5.74) is 0.958. The van der Waals surface area contributed by atoms with Crippen LogP contribution in [-0.4, -0.2) is 38.1 Å². The fraction of sp³-hybridized carbons (Fsp3) is 0.444. The average molecular weight is 478 g/mol. The summed E-state index contributed by atoms with van der Waals surface area (Å²) in [6.45, 7) is 1.21. The van der Waals surface area contributed by atoms with Gasteiger partial charge >= 0.3 is 0 Å². The number of benzene rings is 2. The van der Waals surface area contributed by atoms with E-state index in [2.05, 4.69) is 20.9 Å². The zero-order chi connectivity index (χ0) is 24.7. The normalized spacial score (nSPS) is 22.1. The Bertz CT molecular complexity index is 1100. The number of aliphatic imine (C=N–C) groups is 1. The van der Waals surface area contributed by atoms with Crippen LogP contribution in [0.3, 0.4) is 0 Å². The van der Waals surface area contributed by atoms with E-state index in [4.69, 9.17) is 10.00 Å². The Morgan fingerprint density at radius 1 is 1.14 bits per heavy atom. The molecule has 8 heteroatoms. The third-order valence-electron chi connectivity index (χ3n) is 7.08. The molecule has 3 N–H and O–H groups in total. The van der Waals surface area contributed by atoms with Crippen molar-refractivity contribution in [3.8, 4) is 11.9 Å². The van der Waals surface area contributed by atoms with Gasteiger partial charge in [-0.15, -0.1) is 4.99 Å². The summed E-state index contributed by atoms with van der Waals surface area (Å²) in [5.74, 6) is 1.20. The molecule has 1 amide bonds. The first kappa shape index (κ1) is 24.5. The van der Waals surface area contributed by atoms with Crippen LogP contribution in [0.4, 0.5) is 4.39 Å². The minimum Gasteiger partial charge on any atom is -0.496 e. The van der Waals surface area contributed by atoms with Gasteiger partial charge in [0.2, 0.25) is 12.2 Å². The van der Waals surface area contributed by atoms with Crippen molar-refractivity contribution < 1.29 is 13.9 Å². The van der Waals surface area contributed by atoms with E-state index in [1.165, 1.54) is 26.0 Å². The van der Waals surface area contributed by atoms with Gasteiger partial charge in [0.1, 0.15) is 11.6 Å². The summed E-state index contributed by atoms with van der Waals surface area (Å²) in [6.07, 6.45) is 7.41. The zero-order valence-corrected chi connectivity index (χ0v) is 20.0. The van der Waals surface area contributed by atoms with Gasteiger partial charge in [-0.05, 0) is 74.3 Å². The van der Waals surface area contributed by atoms with Crippen LogP contribution in [0.5, 0.6) is 5.75 Å². The second kappa shape index (κ2) is 11.2. The van der Waals surface area contributed by atoms with Crippen LogP contribution in [0.15, 0.2) is 53.5 Å². The number of nitrogens with one attached hydrogen (secondary N) is 3. The molecule has 0 radical (unpaired) electrons. The Kier molecular flexibility index (Phi) is 7.86. The first-order chi connectivity index (χ1) is 17.0. The number of hydrogen-bond acceptors (Lipinski definition) is 4. The Labute approximate surface area is 205 Å². The van der Waals surface area contributed by atoms with Gasteiger partial charge in [0.15, 0.2) is 0 Å². The first-order valence-electron chi connectivity index (χ1n) is 12.2. The number of guanidine groups is 1. The van der Waals surface area contributed by atoms with Crippen LogP contribution in [0.25, 0.3) is 0 Å². The van der Waals surface area contributed by atoms with Crippen molar-refractivity contribution in [2.75, 3.05) is 20.2 Å². The van der Waals surface area contributed by atoms with E-state index < -0.39 is 5.41 Å². The molecule has 0 aliphatic heterocycles. The number of ether oxygens (including phenoxy) is 1. The highest BCUT2D eigenvalue weighted by atomic mass is 19.1. The molecule has 35 heavy (non-hydrogen) atoms. The Morgan fingerprint density at radius 3 is 2.60 bits per heavy atom. The highest BCUT2D eigenvalue weighted by Crippen LogP contribution is 2.39. The molecule has 2 aliphatic rings. The number of rotatable bonds is 8. The summed E-state index contributed by atoms with van der Waals surface area (Å²) in [6, 6.07) is 13.9. The SMILES string of the molecule is COc1ccccc1C(=O)NC[C@]1(c2cccc(F)c2)CC[C@H](N/C(=N/C#N)NCC2CC2)CC1. The summed E-state index contributed by atoms with van der Waals surface area (Å²) in [7, 11) is 1.54. The molecular formula is C27H32FN5O2.